The van der Waals surface area contributed by atoms with Gasteiger partial charge in [0.15, 0.2) is 0 Å². The van der Waals surface area contributed by atoms with Crippen molar-refractivity contribution >= 4 is 28.4 Å². The molecule has 0 radical (unpaired) electrons. The van der Waals surface area contributed by atoms with E-state index in [9.17, 15) is 14.3 Å². The summed E-state index contributed by atoms with van der Waals surface area (Å²) in [6.07, 6.45) is 1.99. The molecule has 1 amide bonds. The maximum absolute atomic E-state index is 14.1. The Hall–Kier alpha value is -3.56. The number of hydrogen-bond donors (Lipinski definition) is 2. The Morgan fingerprint density at radius 3 is 2.68 bits per heavy atom. The summed E-state index contributed by atoms with van der Waals surface area (Å²) in [6, 6.07) is 9.28. The van der Waals surface area contributed by atoms with E-state index in [1.165, 1.54) is 23.9 Å². The molecule has 2 atom stereocenters. The van der Waals surface area contributed by atoms with Crippen LogP contribution in [-0.2, 0) is 11.4 Å². The number of nitrogens with zero attached hydrogens (tertiary/aromatic N) is 4. The lowest BCUT2D eigenvalue weighted by Gasteiger charge is -2.21. The maximum atomic E-state index is 14.1. The molecule has 0 aliphatic rings. The minimum Gasteiger partial charge on any atom is -0.487 e. The van der Waals surface area contributed by atoms with Crippen LogP contribution < -0.4 is 10.1 Å². The number of carbonyl (C=O) groups excluding carboxylic acids is 1. The summed E-state index contributed by atoms with van der Waals surface area (Å²) in [5.41, 5.74) is 3.09. The number of pyridine rings is 1. The van der Waals surface area contributed by atoms with Crippen molar-refractivity contribution < 1.29 is 19.0 Å². The number of aryl methyl sites for hydroxylation is 1. The lowest BCUT2D eigenvalue weighted by atomic mass is 10.0. The number of rotatable bonds is 7. The van der Waals surface area contributed by atoms with Gasteiger partial charge in [-0.3, -0.25) is 4.79 Å². The molecule has 0 bridgehead atoms. The number of ether oxygens (including phenoxy) is 1. The van der Waals surface area contributed by atoms with Crippen LogP contribution in [0.5, 0.6) is 5.75 Å². The highest BCUT2D eigenvalue weighted by Gasteiger charge is 2.20. The van der Waals surface area contributed by atoms with E-state index in [1.807, 2.05) is 25.1 Å². The zero-order chi connectivity index (χ0) is 24.4. The highest BCUT2D eigenvalue weighted by atomic mass is 35.5. The van der Waals surface area contributed by atoms with Gasteiger partial charge in [0.2, 0.25) is 5.91 Å². The van der Waals surface area contributed by atoms with Crippen molar-refractivity contribution in [3.63, 3.8) is 0 Å². The van der Waals surface area contributed by atoms with E-state index in [2.05, 4.69) is 20.5 Å². The third-order valence-electron chi connectivity index (χ3n) is 5.31. The second-order valence-electron chi connectivity index (χ2n) is 7.90. The third kappa shape index (κ3) is 4.85. The monoisotopic (exact) mass is 483 g/mol. The van der Waals surface area contributed by atoms with E-state index in [1.54, 1.807) is 25.4 Å². The molecule has 2 aromatic heterocycles. The summed E-state index contributed by atoms with van der Waals surface area (Å²) in [4.78, 5) is 18.1. The summed E-state index contributed by atoms with van der Waals surface area (Å²) in [5.74, 6) is -0.615. The highest BCUT2D eigenvalue weighted by Crippen LogP contribution is 2.32. The Balaban J connectivity index is 1.69. The van der Waals surface area contributed by atoms with Crippen molar-refractivity contribution in [3.8, 4) is 11.4 Å². The van der Waals surface area contributed by atoms with Gasteiger partial charge in [-0.1, -0.05) is 23.7 Å². The van der Waals surface area contributed by atoms with E-state index >= 15 is 0 Å². The number of aromatic nitrogens is 4. The van der Waals surface area contributed by atoms with Gasteiger partial charge in [-0.15, -0.1) is 0 Å². The summed E-state index contributed by atoms with van der Waals surface area (Å²) in [7, 11) is 0. The Kier molecular flexibility index (Phi) is 6.76. The fraction of sp³-hybridized carbons (Fsp3) is 0.250. The minimum absolute atomic E-state index is 0.00737. The quantitative estimate of drug-likeness (QED) is 0.411. The zero-order valence-electron chi connectivity index (χ0n) is 18.8. The molecule has 0 fully saturated rings. The number of hydrogen-bond acceptors (Lipinski definition) is 6. The number of benzene rings is 2. The van der Waals surface area contributed by atoms with Gasteiger partial charge < -0.3 is 15.2 Å². The first-order valence-electron chi connectivity index (χ1n) is 10.6. The number of aliphatic hydroxyl groups excluding tert-OH is 1. The summed E-state index contributed by atoms with van der Waals surface area (Å²) in [5, 5.41) is 21.6. The normalized spacial score (nSPS) is 13.0. The molecule has 0 spiro atoms. The zero-order valence-corrected chi connectivity index (χ0v) is 19.5. The van der Waals surface area contributed by atoms with Crippen LogP contribution in [0, 0.1) is 12.7 Å². The largest absolute Gasteiger partial charge is 0.487 e. The van der Waals surface area contributed by atoms with Crippen LogP contribution in [0.3, 0.4) is 0 Å². The van der Waals surface area contributed by atoms with Crippen molar-refractivity contribution in [2.24, 2.45) is 0 Å². The molecular weight excluding hydrogens is 461 g/mol. The number of fused-ring (bicyclic) bond motifs is 1. The molecule has 2 aromatic carbocycles. The molecule has 0 unspecified atom stereocenters. The predicted molar refractivity (Wildman–Crippen MR) is 125 cm³/mol. The SMILES string of the molecule is Cc1cc(-n2nccn2)c2cccc(OCc3c(Cl)cc(F)cc3[C@H](C)NC(=O)[C@H](C)O)c2n1. The number of nitrogens with one attached hydrogen (secondary N) is 1. The second-order valence-corrected chi connectivity index (χ2v) is 8.31. The summed E-state index contributed by atoms with van der Waals surface area (Å²) >= 11 is 6.36. The van der Waals surface area contributed by atoms with Gasteiger partial charge in [0, 0.05) is 16.6 Å². The topological polar surface area (TPSA) is 102 Å². The van der Waals surface area contributed by atoms with Crippen LogP contribution in [0.4, 0.5) is 4.39 Å². The van der Waals surface area contributed by atoms with E-state index in [0.29, 0.717) is 22.4 Å². The molecule has 176 valence electrons. The average molecular weight is 484 g/mol. The van der Waals surface area contributed by atoms with Crippen molar-refractivity contribution in [3.05, 3.63) is 76.5 Å². The molecule has 4 aromatic rings. The van der Waals surface area contributed by atoms with Gasteiger partial charge in [-0.05, 0) is 50.6 Å². The molecular formula is C24H23ClFN5O3. The van der Waals surface area contributed by atoms with Crippen molar-refractivity contribution in [1.29, 1.82) is 0 Å². The maximum Gasteiger partial charge on any atom is 0.249 e. The predicted octanol–water partition coefficient (Wildman–Crippen LogP) is 4.05. The van der Waals surface area contributed by atoms with Gasteiger partial charge >= 0.3 is 0 Å². The Labute approximate surface area is 200 Å². The number of para-hydroxylation sites is 1. The van der Waals surface area contributed by atoms with E-state index in [4.69, 9.17) is 16.3 Å². The van der Waals surface area contributed by atoms with Crippen molar-refractivity contribution in [1.82, 2.24) is 25.3 Å². The first-order valence-corrected chi connectivity index (χ1v) is 11.0. The van der Waals surface area contributed by atoms with Crippen LogP contribution in [0.2, 0.25) is 5.02 Å². The van der Waals surface area contributed by atoms with E-state index in [0.717, 1.165) is 16.8 Å². The first-order chi connectivity index (χ1) is 16.2. The van der Waals surface area contributed by atoms with Crippen molar-refractivity contribution in [2.45, 2.75) is 39.5 Å². The van der Waals surface area contributed by atoms with Gasteiger partial charge in [-0.25, -0.2) is 9.37 Å². The Morgan fingerprint density at radius 2 is 1.97 bits per heavy atom. The average Bonchev–Trinajstić information content (AvgIpc) is 3.32. The summed E-state index contributed by atoms with van der Waals surface area (Å²) < 4.78 is 20.3. The fourth-order valence-electron chi connectivity index (χ4n) is 3.67. The number of aliphatic hydroxyl groups is 1. The molecule has 34 heavy (non-hydrogen) atoms. The van der Waals surface area contributed by atoms with Crippen LogP contribution in [0.25, 0.3) is 16.6 Å². The van der Waals surface area contributed by atoms with Gasteiger partial charge in [0.1, 0.15) is 29.8 Å². The summed E-state index contributed by atoms with van der Waals surface area (Å²) in [6.45, 7) is 4.91. The number of halogens is 2. The van der Waals surface area contributed by atoms with Crippen LogP contribution in [-0.4, -0.2) is 37.1 Å². The van der Waals surface area contributed by atoms with Crippen LogP contribution in [0.15, 0.2) is 48.8 Å². The van der Waals surface area contributed by atoms with Crippen molar-refractivity contribution in [2.75, 3.05) is 0 Å². The molecule has 2 N–H and O–H groups in total. The molecule has 10 heteroatoms. The van der Waals surface area contributed by atoms with Gasteiger partial charge in [0.05, 0.1) is 29.1 Å². The molecule has 0 saturated heterocycles. The highest BCUT2D eigenvalue weighted by molar-refractivity contribution is 6.31. The van der Waals surface area contributed by atoms with Gasteiger partial charge in [0.25, 0.3) is 0 Å². The fourth-order valence-corrected chi connectivity index (χ4v) is 3.94. The second kappa shape index (κ2) is 9.74. The van der Waals surface area contributed by atoms with E-state index < -0.39 is 23.9 Å². The van der Waals surface area contributed by atoms with Crippen LogP contribution in [0.1, 0.15) is 36.7 Å². The number of amides is 1. The van der Waals surface area contributed by atoms with Crippen LogP contribution >= 0.6 is 11.6 Å². The minimum atomic E-state index is -1.20. The molecule has 0 saturated carbocycles. The first kappa shape index (κ1) is 23.6. The van der Waals surface area contributed by atoms with E-state index in [-0.39, 0.29) is 11.6 Å². The Bertz CT molecular complexity index is 1340. The molecule has 0 aliphatic carbocycles. The molecule has 4 rings (SSSR count). The molecule has 8 nitrogen and oxygen atoms in total. The molecule has 0 aliphatic heterocycles. The van der Waals surface area contributed by atoms with Gasteiger partial charge in [-0.2, -0.15) is 15.0 Å². The smallest absolute Gasteiger partial charge is 0.249 e. The lowest BCUT2D eigenvalue weighted by Crippen LogP contribution is -2.34. The third-order valence-corrected chi connectivity index (χ3v) is 5.65. The Morgan fingerprint density at radius 1 is 1.24 bits per heavy atom. The molecule has 2 heterocycles. The lowest BCUT2D eigenvalue weighted by molar-refractivity contribution is -0.129. The standard InChI is InChI=1S/C24H23ClFN5O3/c1-13-9-21(31-27-7-8-28-31)17-5-4-6-22(23(17)29-13)34-12-19-18(10-16(26)11-20(19)25)14(2)30-24(33)15(3)32/h4-11,14-15,32H,12H2,1-3H3,(H,30,33)/t14-,15-/m0/s1. The number of carbonyl (C=O) groups is 1.